The van der Waals surface area contributed by atoms with Crippen molar-refractivity contribution < 1.29 is 22.7 Å². The van der Waals surface area contributed by atoms with Gasteiger partial charge in [0, 0.05) is 5.02 Å². The number of esters is 1. The normalized spacial score (nSPS) is 13.7. The molecule has 1 unspecified atom stereocenters. The highest BCUT2D eigenvalue weighted by Gasteiger charge is 2.28. The van der Waals surface area contributed by atoms with Crippen LogP contribution in [0.2, 0.25) is 5.02 Å². The molecule has 1 N–H and O–H groups in total. The second-order valence-electron chi connectivity index (χ2n) is 6.03. The first-order valence-electron chi connectivity index (χ1n) is 6.96. The number of sulfonamides is 1. The number of nitrogens with one attached hydrogen (secondary N) is 1. The van der Waals surface area contributed by atoms with Crippen molar-refractivity contribution >= 4 is 27.6 Å². The zero-order valence-corrected chi connectivity index (χ0v) is 15.4. The lowest BCUT2D eigenvalue weighted by molar-refractivity contribution is -0.145. The molecule has 1 rings (SSSR count). The van der Waals surface area contributed by atoms with Crippen LogP contribution in [0, 0.1) is 6.92 Å². The molecule has 0 saturated carbocycles. The van der Waals surface area contributed by atoms with Crippen molar-refractivity contribution in [2.45, 2.75) is 44.2 Å². The molecule has 0 aliphatic carbocycles. The number of hydrogen-bond acceptors (Lipinski definition) is 5. The third-order valence-corrected chi connectivity index (χ3v) is 4.80. The van der Waals surface area contributed by atoms with E-state index < -0.39 is 27.6 Å². The van der Waals surface area contributed by atoms with Gasteiger partial charge >= 0.3 is 5.97 Å². The fourth-order valence-electron chi connectivity index (χ4n) is 1.62. The molecule has 0 amide bonds. The van der Waals surface area contributed by atoms with E-state index in [0.717, 1.165) is 5.56 Å². The Bertz CT molecular complexity index is 667. The molecule has 0 fully saturated rings. The van der Waals surface area contributed by atoms with Crippen LogP contribution in [0.25, 0.3) is 0 Å². The molecule has 130 valence electrons. The van der Waals surface area contributed by atoms with Crippen LogP contribution in [0.3, 0.4) is 0 Å². The van der Waals surface area contributed by atoms with E-state index in [1.165, 1.54) is 19.2 Å². The monoisotopic (exact) mass is 363 g/mol. The van der Waals surface area contributed by atoms with E-state index in [9.17, 15) is 13.2 Å². The second kappa shape index (κ2) is 7.61. The summed E-state index contributed by atoms with van der Waals surface area (Å²) in [4.78, 5) is 11.8. The summed E-state index contributed by atoms with van der Waals surface area (Å²) in [6.07, 6.45) is 0. The van der Waals surface area contributed by atoms with Crippen molar-refractivity contribution in [2.75, 3.05) is 13.7 Å². The van der Waals surface area contributed by atoms with Gasteiger partial charge in [-0.15, -0.1) is 0 Å². The molecule has 6 nitrogen and oxygen atoms in total. The molecule has 0 radical (unpaired) electrons. The summed E-state index contributed by atoms with van der Waals surface area (Å²) in [7, 11) is -2.75. The van der Waals surface area contributed by atoms with Crippen molar-refractivity contribution in [3.8, 4) is 0 Å². The van der Waals surface area contributed by atoms with Gasteiger partial charge in [0.05, 0.1) is 24.2 Å². The first-order chi connectivity index (χ1) is 10.5. The molecule has 0 saturated heterocycles. The molecule has 0 bridgehead atoms. The maximum Gasteiger partial charge on any atom is 0.326 e. The van der Waals surface area contributed by atoms with Crippen LogP contribution in [0.15, 0.2) is 23.1 Å². The number of benzene rings is 1. The van der Waals surface area contributed by atoms with E-state index in [-0.39, 0.29) is 11.5 Å². The molecule has 23 heavy (non-hydrogen) atoms. The van der Waals surface area contributed by atoms with E-state index in [2.05, 4.69) is 9.46 Å². The fraction of sp³-hybridized carbons (Fsp3) is 0.533. The maximum atomic E-state index is 12.4. The number of carbonyl (C=O) groups is 1. The third-order valence-electron chi connectivity index (χ3n) is 2.92. The van der Waals surface area contributed by atoms with Gasteiger partial charge in [-0.05, 0) is 45.4 Å². The van der Waals surface area contributed by atoms with Gasteiger partial charge < -0.3 is 9.47 Å². The fourth-order valence-corrected chi connectivity index (χ4v) is 3.06. The summed E-state index contributed by atoms with van der Waals surface area (Å²) in [6.45, 7) is 7.02. The van der Waals surface area contributed by atoms with Gasteiger partial charge in [0.1, 0.15) is 6.04 Å². The Morgan fingerprint density at radius 1 is 1.35 bits per heavy atom. The topological polar surface area (TPSA) is 81.7 Å². The molecule has 0 aliphatic heterocycles. The molecule has 0 aromatic heterocycles. The smallest absolute Gasteiger partial charge is 0.326 e. The average molecular weight is 364 g/mol. The van der Waals surface area contributed by atoms with Gasteiger partial charge in [-0.1, -0.05) is 17.7 Å². The lowest BCUT2D eigenvalue weighted by Crippen LogP contribution is -2.46. The number of halogens is 1. The first kappa shape index (κ1) is 19.9. The Morgan fingerprint density at radius 3 is 2.43 bits per heavy atom. The lowest BCUT2D eigenvalue weighted by Gasteiger charge is -2.23. The Kier molecular flexibility index (Phi) is 6.59. The van der Waals surface area contributed by atoms with Crippen LogP contribution < -0.4 is 4.72 Å². The van der Waals surface area contributed by atoms with Crippen LogP contribution in [0.4, 0.5) is 0 Å². The van der Waals surface area contributed by atoms with Crippen molar-refractivity contribution in [3.05, 3.63) is 28.8 Å². The largest absolute Gasteiger partial charge is 0.468 e. The summed E-state index contributed by atoms with van der Waals surface area (Å²) in [5.74, 6) is -0.726. The molecule has 1 atom stereocenters. The lowest BCUT2D eigenvalue weighted by atomic mass is 10.2. The Morgan fingerprint density at radius 2 is 1.96 bits per heavy atom. The van der Waals surface area contributed by atoms with E-state index in [4.69, 9.17) is 16.3 Å². The Labute approximate surface area is 142 Å². The van der Waals surface area contributed by atoms with Gasteiger partial charge in [-0.25, -0.2) is 8.42 Å². The van der Waals surface area contributed by atoms with Crippen LogP contribution in [0.5, 0.6) is 0 Å². The maximum absolute atomic E-state index is 12.4. The summed E-state index contributed by atoms with van der Waals surface area (Å²) >= 11 is 5.96. The second-order valence-corrected chi connectivity index (χ2v) is 8.15. The zero-order chi connectivity index (χ0) is 17.8. The summed E-state index contributed by atoms with van der Waals surface area (Å²) in [6, 6.07) is 3.19. The molecule has 1 aromatic rings. The highest BCUT2D eigenvalue weighted by Crippen LogP contribution is 2.20. The van der Waals surface area contributed by atoms with Gasteiger partial charge in [0.15, 0.2) is 0 Å². The van der Waals surface area contributed by atoms with Crippen LogP contribution in [-0.2, 0) is 24.3 Å². The number of rotatable bonds is 6. The molecule has 0 aliphatic rings. The van der Waals surface area contributed by atoms with Crippen molar-refractivity contribution in [3.63, 3.8) is 0 Å². The summed E-state index contributed by atoms with van der Waals surface area (Å²) in [5.41, 5.74) is 0.233. The minimum Gasteiger partial charge on any atom is -0.468 e. The minimum absolute atomic E-state index is 0.0299. The molecule has 0 spiro atoms. The molecular weight excluding hydrogens is 342 g/mol. The molecule has 8 heteroatoms. The first-order valence-corrected chi connectivity index (χ1v) is 8.82. The van der Waals surface area contributed by atoms with Crippen LogP contribution in [-0.4, -0.2) is 39.7 Å². The number of ether oxygens (including phenoxy) is 2. The Balaban J connectivity index is 3.00. The zero-order valence-electron chi connectivity index (χ0n) is 13.8. The standard InChI is InChI=1S/C15H22ClNO5S/c1-10-6-7-11(8-12(10)16)23(19,20)17-13(14(18)21-5)9-22-15(2,3)4/h6-8,13,17H,9H2,1-5H3. The SMILES string of the molecule is COC(=O)C(COC(C)(C)C)NS(=O)(=O)c1ccc(C)c(Cl)c1. The van der Waals surface area contributed by atoms with E-state index >= 15 is 0 Å². The summed E-state index contributed by atoms with van der Waals surface area (Å²) in [5, 5.41) is 0.327. The van der Waals surface area contributed by atoms with Gasteiger partial charge in [0.25, 0.3) is 0 Å². The third kappa shape index (κ3) is 6.10. The number of aryl methyl sites for hydroxylation is 1. The van der Waals surface area contributed by atoms with Gasteiger partial charge in [0.2, 0.25) is 10.0 Å². The molecule has 1 aromatic carbocycles. The highest BCUT2D eigenvalue weighted by atomic mass is 35.5. The van der Waals surface area contributed by atoms with E-state index in [0.29, 0.717) is 5.02 Å². The van der Waals surface area contributed by atoms with E-state index in [1.54, 1.807) is 33.8 Å². The highest BCUT2D eigenvalue weighted by molar-refractivity contribution is 7.89. The van der Waals surface area contributed by atoms with Crippen LogP contribution in [0.1, 0.15) is 26.3 Å². The van der Waals surface area contributed by atoms with Crippen molar-refractivity contribution in [2.24, 2.45) is 0 Å². The summed E-state index contributed by atoms with van der Waals surface area (Å²) < 4.78 is 37.2. The number of methoxy groups -OCH3 is 1. The molecule has 0 heterocycles. The van der Waals surface area contributed by atoms with Crippen molar-refractivity contribution in [1.29, 1.82) is 0 Å². The van der Waals surface area contributed by atoms with E-state index in [1.807, 2.05) is 0 Å². The number of hydrogen-bond donors (Lipinski definition) is 1. The minimum atomic E-state index is -3.94. The van der Waals surface area contributed by atoms with Gasteiger partial charge in [-0.2, -0.15) is 4.72 Å². The predicted octanol–water partition coefficient (Wildman–Crippen LogP) is 2.28. The average Bonchev–Trinajstić information content (AvgIpc) is 2.44. The van der Waals surface area contributed by atoms with Crippen molar-refractivity contribution in [1.82, 2.24) is 4.72 Å². The Hall–Kier alpha value is -1.15. The number of carbonyl (C=O) groups excluding carboxylic acids is 1. The predicted molar refractivity (Wildman–Crippen MR) is 88.0 cm³/mol. The molecular formula is C15H22ClNO5S. The van der Waals surface area contributed by atoms with Crippen LogP contribution >= 0.6 is 11.6 Å². The quantitative estimate of drug-likeness (QED) is 0.784. The van der Waals surface area contributed by atoms with Gasteiger partial charge in [-0.3, -0.25) is 4.79 Å².